The standard InChI is InChI=1S/C76H54Si2/c1-7-21-59(22-8-1)65-33-45-71(46-34-65)77(72-47-35-66(36-48-72)60-23-9-2-10-24-60,73-49-37-67(38-50-73)61-25-11-3-12-26-61)57-19-20-58-78(74-51-39-68(40-52-74)62-27-13-4-14-28-62,75-53-41-69(42-54-75)63-29-15-5-16-30-63)76-55-43-70(44-56-76)64-31-17-6-18-32-64/h1-18,21-56H. The van der Waals surface area contributed by atoms with Crippen LogP contribution in [0.1, 0.15) is 0 Å². The van der Waals surface area contributed by atoms with E-state index in [1.807, 2.05) is 0 Å². The zero-order valence-electron chi connectivity index (χ0n) is 43.2. The topological polar surface area (TPSA) is 0 Å². The molecule has 0 N–H and O–H groups in total. The van der Waals surface area contributed by atoms with Gasteiger partial charge in [-0.3, -0.25) is 0 Å². The molecule has 0 amide bonds. The third-order valence-corrected chi connectivity index (χ3v) is 23.3. The Morgan fingerprint density at radius 1 is 0.141 bits per heavy atom. The molecule has 12 aromatic rings. The summed E-state index contributed by atoms with van der Waals surface area (Å²) in [5.74, 6) is 7.44. The lowest BCUT2D eigenvalue weighted by Crippen LogP contribution is -2.66. The second-order valence-electron chi connectivity index (χ2n) is 19.7. The first kappa shape index (κ1) is 49.1. The number of rotatable bonds is 12. The molecule has 0 unspecified atom stereocenters. The minimum atomic E-state index is -3.21. The van der Waals surface area contributed by atoms with Crippen LogP contribution in [0.4, 0.5) is 0 Å². The van der Waals surface area contributed by atoms with Crippen LogP contribution in [0, 0.1) is 22.9 Å². The molecule has 0 aliphatic rings. The Labute approximate surface area is 461 Å². The van der Waals surface area contributed by atoms with Gasteiger partial charge in [0.25, 0.3) is 0 Å². The van der Waals surface area contributed by atoms with Crippen LogP contribution in [-0.4, -0.2) is 16.1 Å². The molecule has 0 saturated heterocycles. The summed E-state index contributed by atoms with van der Waals surface area (Å²) in [7, 11) is -6.43. The summed E-state index contributed by atoms with van der Waals surface area (Å²) in [6.07, 6.45) is 0. The van der Waals surface area contributed by atoms with Gasteiger partial charge in [0.15, 0.2) is 0 Å². The largest absolute Gasteiger partial charge is 0.231 e. The van der Waals surface area contributed by atoms with Crippen LogP contribution in [-0.2, 0) is 0 Å². The van der Waals surface area contributed by atoms with Crippen molar-refractivity contribution in [1.82, 2.24) is 0 Å². The predicted molar refractivity (Wildman–Crippen MR) is 336 cm³/mol. The number of benzene rings is 12. The molecular weight excluding hydrogens is 969 g/mol. The van der Waals surface area contributed by atoms with Gasteiger partial charge in [0.05, 0.1) is 0 Å². The lowest BCUT2D eigenvalue weighted by molar-refractivity contribution is 1.61. The van der Waals surface area contributed by atoms with Crippen molar-refractivity contribution in [2.24, 2.45) is 0 Å². The number of hydrogen-bond acceptors (Lipinski definition) is 0. The van der Waals surface area contributed by atoms with Gasteiger partial charge in [-0.05, 0) is 110 Å². The van der Waals surface area contributed by atoms with Crippen LogP contribution in [0.5, 0.6) is 0 Å². The van der Waals surface area contributed by atoms with Crippen molar-refractivity contribution in [3.05, 3.63) is 328 Å². The van der Waals surface area contributed by atoms with Crippen LogP contribution in [0.25, 0.3) is 66.8 Å². The van der Waals surface area contributed by atoms with E-state index in [0.717, 1.165) is 0 Å². The molecule has 0 spiro atoms. The summed E-state index contributed by atoms with van der Waals surface area (Å²) < 4.78 is 0. The van der Waals surface area contributed by atoms with Gasteiger partial charge in [0, 0.05) is 0 Å². The van der Waals surface area contributed by atoms with Crippen molar-refractivity contribution in [2.75, 3.05) is 0 Å². The van der Waals surface area contributed by atoms with Crippen molar-refractivity contribution in [3.8, 4) is 89.7 Å². The van der Waals surface area contributed by atoms with Crippen LogP contribution in [0.3, 0.4) is 0 Å². The maximum atomic E-state index is 4.12. The van der Waals surface area contributed by atoms with Gasteiger partial charge in [-0.1, -0.05) is 328 Å². The van der Waals surface area contributed by atoms with Gasteiger partial charge >= 0.3 is 0 Å². The van der Waals surface area contributed by atoms with Crippen LogP contribution >= 0.6 is 0 Å². The van der Waals surface area contributed by atoms with Gasteiger partial charge in [0.2, 0.25) is 16.1 Å². The van der Waals surface area contributed by atoms with Crippen molar-refractivity contribution in [3.63, 3.8) is 0 Å². The highest BCUT2D eigenvalue weighted by atomic mass is 28.3. The van der Waals surface area contributed by atoms with Crippen molar-refractivity contribution in [1.29, 1.82) is 0 Å². The summed E-state index contributed by atoms with van der Waals surface area (Å²) in [5.41, 5.74) is 22.3. The molecule has 0 saturated carbocycles. The van der Waals surface area contributed by atoms with Gasteiger partial charge < -0.3 is 0 Å². The Hall–Kier alpha value is -9.81. The fourth-order valence-electron chi connectivity index (χ4n) is 10.9. The molecule has 0 nitrogen and oxygen atoms in total. The SMILES string of the molecule is C(C#C[Si](c1ccc(-c2ccccc2)cc1)(c1ccc(-c2ccccc2)cc1)c1ccc(-c2ccccc2)cc1)#C[Si](c1ccc(-c2ccccc2)cc1)(c1ccc(-c2ccccc2)cc1)c1ccc(-c2ccccc2)cc1. The van der Waals surface area contributed by atoms with E-state index in [9.17, 15) is 0 Å². The molecule has 0 aliphatic carbocycles. The summed E-state index contributed by atoms with van der Waals surface area (Å²) >= 11 is 0. The fourth-order valence-corrected chi connectivity index (χ4v) is 18.3. The minimum Gasteiger partial charge on any atom is -0.100 e. The predicted octanol–water partition coefficient (Wildman–Crippen LogP) is 14.4. The zero-order chi connectivity index (χ0) is 52.4. The highest BCUT2D eigenvalue weighted by molar-refractivity contribution is 7.17. The summed E-state index contributed by atoms with van der Waals surface area (Å²) in [5, 5.41) is 7.19. The normalized spacial score (nSPS) is 11.1. The van der Waals surface area contributed by atoms with Gasteiger partial charge in [0.1, 0.15) is 0 Å². The lowest BCUT2D eigenvalue weighted by atomic mass is 10.1. The smallest absolute Gasteiger partial charge is 0.100 e. The second-order valence-corrected chi connectivity index (χ2v) is 26.6. The van der Waals surface area contributed by atoms with E-state index >= 15 is 0 Å². The first-order valence-corrected chi connectivity index (χ1v) is 30.6. The molecule has 0 bridgehead atoms. The Morgan fingerprint density at radius 3 is 0.410 bits per heavy atom. The Kier molecular flexibility index (Phi) is 14.2. The monoisotopic (exact) mass is 1020 g/mol. The third-order valence-electron chi connectivity index (χ3n) is 15.1. The first-order valence-electron chi connectivity index (χ1n) is 26.6. The molecule has 78 heavy (non-hydrogen) atoms. The maximum absolute atomic E-state index is 4.12. The quantitative estimate of drug-likeness (QED) is 0.0650. The summed E-state index contributed by atoms with van der Waals surface area (Å²) in [6, 6.07) is 119. The van der Waals surface area contributed by atoms with Crippen LogP contribution in [0.15, 0.2) is 328 Å². The fraction of sp³-hybridized carbons (Fsp3) is 0. The lowest BCUT2D eigenvalue weighted by Gasteiger charge is -2.29. The van der Waals surface area contributed by atoms with E-state index in [0.29, 0.717) is 0 Å². The molecule has 0 aromatic heterocycles. The molecular formula is C76H54Si2. The second kappa shape index (κ2) is 22.6. The average Bonchev–Trinajstić information content (AvgIpc) is 3.54. The van der Waals surface area contributed by atoms with Crippen molar-refractivity contribution >= 4 is 47.3 Å². The molecule has 12 rings (SSSR count). The molecule has 0 fully saturated rings. The van der Waals surface area contributed by atoms with E-state index < -0.39 is 16.1 Å². The molecule has 2 heteroatoms. The van der Waals surface area contributed by atoms with Crippen molar-refractivity contribution in [2.45, 2.75) is 0 Å². The highest BCUT2D eigenvalue weighted by Gasteiger charge is 2.40. The maximum Gasteiger partial charge on any atom is 0.231 e. The molecule has 0 heterocycles. The summed E-state index contributed by atoms with van der Waals surface area (Å²) in [4.78, 5) is 0. The van der Waals surface area contributed by atoms with Gasteiger partial charge in [-0.2, -0.15) is 0 Å². The summed E-state index contributed by atoms with van der Waals surface area (Å²) in [6.45, 7) is 0. The van der Waals surface area contributed by atoms with Gasteiger partial charge in [-0.25, -0.2) is 0 Å². The van der Waals surface area contributed by atoms with E-state index in [4.69, 9.17) is 0 Å². The number of hydrogen-bond donors (Lipinski definition) is 0. The van der Waals surface area contributed by atoms with E-state index in [2.05, 4.69) is 351 Å². The Morgan fingerprint density at radius 2 is 0.269 bits per heavy atom. The Balaban J connectivity index is 1.09. The van der Waals surface area contributed by atoms with E-state index in [-0.39, 0.29) is 0 Å². The highest BCUT2D eigenvalue weighted by Crippen LogP contribution is 2.26. The molecule has 0 radical (unpaired) electrons. The minimum absolute atomic E-state index is 1.17. The van der Waals surface area contributed by atoms with E-state index in [1.54, 1.807) is 0 Å². The van der Waals surface area contributed by atoms with Crippen LogP contribution < -0.4 is 31.1 Å². The van der Waals surface area contributed by atoms with Crippen molar-refractivity contribution < 1.29 is 0 Å². The van der Waals surface area contributed by atoms with E-state index in [1.165, 1.54) is 97.9 Å². The first-order chi connectivity index (χ1) is 38.6. The Bertz CT molecular complexity index is 3350. The molecule has 366 valence electrons. The molecule has 12 aromatic carbocycles. The van der Waals surface area contributed by atoms with Gasteiger partial charge in [-0.15, -0.1) is 11.1 Å². The third kappa shape index (κ3) is 10.1. The van der Waals surface area contributed by atoms with Crippen LogP contribution in [0.2, 0.25) is 0 Å². The average molecular weight is 1020 g/mol. The molecule has 0 atom stereocenters. The zero-order valence-corrected chi connectivity index (χ0v) is 45.2. The molecule has 0 aliphatic heterocycles.